The Balaban J connectivity index is 1.51. The standard InChI is InChI=1S/C31H34O7/c1-17-24(27(34)36-4)20-15-21(32)25-26(31(20)22(37-17)16-23(33)38-31)29-12-6-5-11-28(29,2)30(25,14-13-29)18-7-9-19(35-3)10-8-18/h7-10,13-14,20,22,25-26H,5-6,11-12,15-16H2,1-4H3/t20-,22+,25+,26-,28-,29-,30-,31+/m0/s1. The first-order valence-electron chi connectivity index (χ1n) is 13.8. The zero-order valence-corrected chi connectivity index (χ0v) is 22.4. The zero-order valence-electron chi connectivity index (χ0n) is 22.4. The number of carbonyl (C=O) groups is 3. The van der Waals surface area contributed by atoms with E-state index >= 15 is 0 Å². The van der Waals surface area contributed by atoms with Gasteiger partial charge in [0.05, 0.1) is 26.2 Å². The smallest absolute Gasteiger partial charge is 0.337 e. The molecular weight excluding hydrogens is 484 g/mol. The molecule has 7 heteroatoms. The number of hydrogen-bond donors (Lipinski definition) is 0. The third kappa shape index (κ3) is 2.41. The second-order valence-corrected chi connectivity index (χ2v) is 12.3. The normalized spacial score (nSPS) is 44.0. The van der Waals surface area contributed by atoms with Crippen molar-refractivity contribution in [2.45, 2.75) is 69.5 Å². The van der Waals surface area contributed by atoms with Crippen LogP contribution in [0, 0.1) is 28.6 Å². The molecule has 0 amide bonds. The van der Waals surface area contributed by atoms with Crippen LogP contribution in [0.3, 0.4) is 0 Å². The number of rotatable bonds is 3. The molecule has 2 bridgehead atoms. The van der Waals surface area contributed by atoms with Gasteiger partial charge in [-0.3, -0.25) is 9.59 Å². The molecule has 4 fully saturated rings. The predicted molar refractivity (Wildman–Crippen MR) is 136 cm³/mol. The predicted octanol–water partition coefficient (Wildman–Crippen LogP) is 4.44. The Morgan fingerprint density at radius 1 is 1.03 bits per heavy atom. The molecule has 0 N–H and O–H groups in total. The van der Waals surface area contributed by atoms with E-state index in [0.717, 1.165) is 37.0 Å². The van der Waals surface area contributed by atoms with Gasteiger partial charge in [0.15, 0.2) is 5.60 Å². The molecule has 1 saturated heterocycles. The maximum Gasteiger partial charge on any atom is 0.337 e. The highest BCUT2D eigenvalue weighted by molar-refractivity contribution is 5.95. The van der Waals surface area contributed by atoms with Gasteiger partial charge in [0.1, 0.15) is 23.4 Å². The van der Waals surface area contributed by atoms with Crippen LogP contribution in [0.1, 0.15) is 57.9 Å². The van der Waals surface area contributed by atoms with E-state index in [1.165, 1.54) is 7.11 Å². The van der Waals surface area contributed by atoms with Gasteiger partial charge < -0.3 is 18.9 Å². The maximum atomic E-state index is 14.5. The number of esters is 2. The van der Waals surface area contributed by atoms with Gasteiger partial charge in [-0.15, -0.1) is 0 Å². The summed E-state index contributed by atoms with van der Waals surface area (Å²) < 4.78 is 23.4. The lowest BCUT2D eigenvalue weighted by Crippen LogP contribution is -2.66. The average molecular weight is 519 g/mol. The molecule has 200 valence electrons. The molecule has 1 aromatic carbocycles. The summed E-state index contributed by atoms with van der Waals surface area (Å²) in [5.74, 6) is -0.812. The molecule has 1 spiro atoms. The summed E-state index contributed by atoms with van der Waals surface area (Å²) in [6.45, 7) is 4.07. The number of carbonyl (C=O) groups excluding carboxylic acids is 3. The maximum absolute atomic E-state index is 14.5. The Morgan fingerprint density at radius 2 is 1.76 bits per heavy atom. The van der Waals surface area contributed by atoms with Gasteiger partial charge in [-0.1, -0.05) is 44.1 Å². The highest BCUT2D eigenvalue weighted by Crippen LogP contribution is 2.82. The highest BCUT2D eigenvalue weighted by atomic mass is 16.6. The molecule has 0 aromatic heterocycles. The minimum atomic E-state index is -1.10. The molecular formula is C31H34O7. The summed E-state index contributed by atoms with van der Waals surface area (Å²) in [6.07, 6.45) is 8.31. The summed E-state index contributed by atoms with van der Waals surface area (Å²) in [4.78, 5) is 40.7. The molecule has 7 rings (SSSR count). The molecule has 6 aliphatic rings. The topological polar surface area (TPSA) is 88.1 Å². The fraction of sp³-hybridized carbons (Fsp3) is 0.581. The zero-order chi connectivity index (χ0) is 26.7. The van der Waals surface area contributed by atoms with Crippen molar-refractivity contribution >= 4 is 17.7 Å². The summed E-state index contributed by atoms with van der Waals surface area (Å²) in [5, 5.41) is 0. The molecule has 2 heterocycles. The minimum Gasteiger partial charge on any atom is -0.497 e. The molecule has 1 aromatic rings. The van der Waals surface area contributed by atoms with E-state index in [1.54, 1.807) is 14.0 Å². The number of hydrogen-bond acceptors (Lipinski definition) is 7. The number of Topliss-reactive ketones (excluding diaryl/α,β-unsaturated/α-hetero) is 1. The quantitative estimate of drug-likeness (QED) is 0.432. The Kier molecular flexibility index (Phi) is 4.74. The van der Waals surface area contributed by atoms with Gasteiger partial charge in [0.25, 0.3) is 0 Å². The molecule has 8 atom stereocenters. The second kappa shape index (κ2) is 7.51. The first-order chi connectivity index (χ1) is 18.2. The number of methoxy groups -OCH3 is 2. The monoisotopic (exact) mass is 518 g/mol. The van der Waals surface area contributed by atoms with Gasteiger partial charge >= 0.3 is 11.9 Å². The van der Waals surface area contributed by atoms with Crippen LogP contribution >= 0.6 is 0 Å². The Morgan fingerprint density at radius 3 is 2.47 bits per heavy atom. The fourth-order valence-corrected chi connectivity index (χ4v) is 10.2. The van der Waals surface area contributed by atoms with E-state index in [9.17, 15) is 14.4 Å². The van der Waals surface area contributed by atoms with Gasteiger partial charge in [0.2, 0.25) is 0 Å². The SMILES string of the molecule is COC(=O)C1=C(C)O[C@@H]2CC(=O)O[C@@]23[C@H]2[C@@H](C(=O)C[C@@H]13)[C@@]1(c3ccc(OC)cc3)C=C[C@@]23CCCC[C@]13C. The molecule has 3 saturated carbocycles. The number of allylic oxidation sites excluding steroid dienone is 3. The Labute approximate surface area is 222 Å². The number of benzene rings is 1. The van der Waals surface area contributed by atoms with Crippen LogP contribution in [0.5, 0.6) is 5.75 Å². The first kappa shape index (κ1) is 24.0. The lowest BCUT2D eigenvalue weighted by atomic mass is 9.49. The summed E-state index contributed by atoms with van der Waals surface area (Å²) >= 11 is 0. The van der Waals surface area contributed by atoms with Crippen molar-refractivity contribution in [3.63, 3.8) is 0 Å². The summed E-state index contributed by atoms with van der Waals surface area (Å²) in [7, 11) is 2.99. The van der Waals surface area contributed by atoms with Crippen molar-refractivity contribution in [3.05, 3.63) is 53.3 Å². The van der Waals surface area contributed by atoms with E-state index in [1.807, 2.05) is 12.1 Å². The lowest BCUT2D eigenvalue weighted by Gasteiger charge is -2.58. The van der Waals surface area contributed by atoms with Crippen molar-refractivity contribution in [1.29, 1.82) is 0 Å². The first-order valence-corrected chi connectivity index (χ1v) is 13.8. The number of fused-ring (bicyclic) bond motifs is 2. The van der Waals surface area contributed by atoms with Crippen LogP contribution in [0.15, 0.2) is 47.7 Å². The lowest BCUT2D eigenvalue weighted by molar-refractivity contribution is -0.206. The molecule has 0 unspecified atom stereocenters. The summed E-state index contributed by atoms with van der Waals surface area (Å²) in [5.41, 5.74) is -0.858. The van der Waals surface area contributed by atoms with Crippen molar-refractivity contribution in [2.24, 2.45) is 28.6 Å². The van der Waals surface area contributed by atoms with Crippen LogP contribution in [-0.4, -0.2) is 43.6 Å². The van der Waals surface area contributed by atoms with Crippen molar-refractivity contribution in [1.82, 2.24) is 0 Å². The number of ether oxygens (including phenoxy) is 4. The molecule has 2 aliphatic heterocycles. The fourth-order valence-electron chi connectivity index (χ4n) is 10.2. The molecule has 38 heavy (non-hydrogen) atoms. The van der Waals surface area contributed by atoms with Gasteiger partial charge in [-0.05, 0) is 42.9 Å². The van der Waals surface area contributed by atoms with Crippen LogP contribution in [0.2, 0.25) is 0 Å². The third-order valence-electron chi connectivity index (χ3n) is 11.4. The third-order valence-corrected chi connectivity index (χ3v) is 11.4. The van der Waals surface area contributed by atoms with E-state index in [0.29, 0.717) is 11.3 Å². The van der Waals surface area contributed by atoms with Crippen LogP contribution in [0.4, 0.5) is 0 Å². The minimum absolute atomic E-state index is 0.117. The van der Waals surface area contributed by atoms with E-state index in [4.69, 9.17) is 18.9 Å². The van der Waals surface area contributed by atoms with Gasteiger partial charge in [0, 0.05) is 35.0 Å². The molecule has 0 radical (unpaired) electrons. The molecule has 7 nitrogen and oxygen atoms in total. The van der Waals surface area contributed by atoms with E-state index < -0.39 is 34.9 Å². The highest BCUT2D eigenvalue weighted by Gasteiger charge is 2.85. The molecule has 4 aliphatic carbocycles. The van der Waals surface area contributed by atoms with Crippen LogP contribution in [-0.2, 0) is 34.0 Å². The van der Waals surface area contributed by atoms with Crippen LogP contribution < -0.4 is 4.74 Å². The summed E-state index contributed by atoms with van der Waals surface area (Å²) in [6, 6.07) is 8.13. The van der Waals surface area contributed by atoms with Gasteiger partial charge in [-0.2, -0.15) is 0 Å². The van der Waals surface area contributed by atoms with Crippen molar-refractivity contribution in [3.8, 4) is 5.75 Å². The Bertz CT molecular complexity index is 1330. The average Bonchev–Trinajstić information content (AvgIpc) is 3.46. The largest absolute Gasteiger partial charge is 0.497 e. The number of ketones is 1. The van der Waals surface area contributed by atoms with E-state index in [-0.39, 0.29) is 41.3 Å². The van der Waals surface area contributed by atoms with Crippen molar-refractivity contribution in [2.75, 3.05) is 14.2 Å². The van der Waals surface area contributed by atoms with Crippen LogP contribution in [0.25, 0.3) is 0 Å². The van der Waals surface area contributed by atoms with E-state index in [2.05, 4.69) is 31.2 Å². The van der Waals surface area contributed by atoms with Gasteiger partial charge in [-0.25, -0.2) is 4.79 Å². The van der Waals surface area contributed by atoms with Crippen molar-refractivity contribution < 1.29 is 33.3 Å². The Hall–Kier alpha value is -3.09. The second-order valence-electron chi connectivity index (χ2n) is 12.3.